The summed E-state index contributed by atoms with van der Waals surface area (Å²) in [4.78, 5) is 49.9. The second-order valence-electron chi connectivity index (χ2n) is 10.0. The van der Waals surface area contributed by atoms with Gasteiger partial charge in [0, 0.05) is 12.8 Å². The minimum atomic E-state index is -3.94. The number of rotatable bonds is 16. The van der Waals surface area contributed by atoms with Gasteiger partial charge in [0.05, 0.1) is 39.4 Å². The molecule has 0 saturated carbocycles. The Balaban J connectivity index is 1.77. The molecule has 3 rings (SSSR count). The van der Waals surface area contributed by atoms with Crippen molar-refractivity contribution in [3.63, 3.8) is 0 Å². The summed E-state index contributed by atoms with van der Waals surface area (Å²) in [5.74, 6) is -1.40. The molecule has 240 valence electrons. The molecule has 1 aliphatic rings. The van der Waals surface area contributed by atoms with Crippen LogP contribution in [0.5, 0.6) is 5.88 Å². The lowest BCUT2D eigenvalue weighted by atomic mass is 10.1. The molecular weight excluding hydrogens is 611 g/mol. The SMILES string of the molecule is COc1nc(N)nc2c1ncn2[C@H](OCCO[P@@](=O)(N[C@H](C)C(=O)OC(C)C)SCC1C(=O)NC(=O)N1C)[C@](C)(O)CO. The highest BCUT2D eigenvalue weighted by Crippen LogP contribution is 2.56. The maximum Gasteiger partial charge on any atom is 0.327 e. The summed E-state index contributed by atoms with van der Waals surface area (Å²) in [6.45, 7) is 0.809. The number of hydrogen-bond donors (Lipinski definition) is 5. The summed E-state index contributed by atoms with van der Waals surface area (Å²) >= 11 is 0.724. The highest BCUT2D eigenvalue weighted by Gasteiger charge is 2.40. The molecule has 6 N–H and O–H groups in total. The highest BCUT2D eigenvalue weighted by atomic mass is 32.7. The molecule has 1 unspecified atom stereocenters. The number of fused-ring (bicyclic) bond motifs is 1. The number of carbonyl (C=O) groups excluding carboxylic acids is 3. The number of imidazole rings is 1. The molecule has 1 fully saturated rings. The van der Waals surface area contributed by atoms with Crippen molar-refractivity contribution in [2.24, 2.45) is 0 Å². The first kappa shape index (κ1) is 34.4. The molecule has 2 aromatic heterocycles. The Morgan fingerprint density at radius 3 is 2.58 bits per heavy atom. The Morgan fingerprint density at radius 1 is 1.30 bits per heavy atom. The lowest BCUT2D eigenvalue weighted by molar-refractivity contribution is -0.158. The van der Waals surface area contributed by atoms with E-state index in [1.165, 1.54) is 43.8 Å². The summed E-state index contributed by atoms with van der Waals surface area (Å²) in [6, 6.07) is -2.57. The van der Waals surface area contributed by atoms with Crippen molar-refractivity contribution in [3.8, 4) is 5.88 Å². The largest absolute Gasteiger partial charge is 0.479 e. The predicted molar refractivity (Wildman–Crippen MR) is 154 cm³/mol. The Kier molecular flexibility index (Phi) is 11.3. The van der Waals surface area contributed by atoms with E-state index in [1.807, 2.05) is 0 Å². The van der Waals surface area contributed by atoms with Gasteiger partial charge in [0.25, 0.3) is 5.91 Å². The normalized spacial score (nSPS) is 19.7. The number of imide groups is 1. The zero-order chi connectivity index (χ0) is 32.1. The number of methoxy groups -OCH3 is 1. The van der Waals surface area contributed by atoms with Crippen LogP contribution in [-0.2, 0) is 28.2 Å². The summed E-state index contributed by atoms with van der Waals surface area (Å²) in [6.07, 6.45) is -0.408. The Hall–Kier alpha value is -3.06. The molecule has 43 heavy (non-hydrogen) atoms. The molecule has 0 radical (unpaired) electrons. The maximum atomic E-state index is 13.9. The number of hydrogen-bond acceptors (Lipinski definition) is 15. The number of esters is 1. The van der Waals surface area contributed by atoms with Crippen molar-refractivity contribution in [2.45, 2.75) is 57.7 Å². The average Bonchev–Trinajstić information content (AvgIpc) is 3.45. The van der Waals surface area contributed by atoms with E-state index >= 15 is 0 Å². The minimum absolute atomic E-state index is 0.0874. The van der Waals surface area contributed by atoms with Gasteiger partial charge in [-0.3, -0.25) is 24.0 Å². The fourth-order valence-corrected chi connectivity index (χ4v) is 7.85. The highest BCUT2D eigenvalue weighted by molar-refractivity contribution is 8.56. The molecule has 3 amide bonds. The fraction of sp³-hybridized carbons (Fsp3) is 0.652. The quantitative estimate of drug-likeness (QED) is 0.0697. The topological polar surface area (TPSA) is 243 Å². The number of nitrogens with one attached hydrogen (secondary N) is 2. The molecule has 20 heteroatoms. The molecule has 5 atom stereocenters. The number of aromatic nitrogens is 4. The van der Waals surface area contributed by atoms with Crippen LogP contribution >= 0.6 is 18.1 Å². The zero-order valence-electron chi connectivity index (χ0n) is 24.5. The lowest BCUT2D eigenvalue weighted by Crippen LogP contribution is -2.42. The lowest BCUT2D eigenvalue weighted by Gasteiger charge is -2.32. The zero-order valence-corrected chi connectivity index (χ0v) is 26.3. The maximum absolute atomic E-state index is 13.9. The van der Waals surface area contributed by atoms with Crippen molar-refractivity contribution in [1.29, 1.82) is 0 Å². The Morgan fingerprint density at radius 2 is 2.00 bits per heavy atom. The van der Waals surface area contributed by atoms with Gasteiger partial charge in [-0.15, -0.1) is 0 Å². The number of nitrogens with zero attached hydrogens (tertiary/aromatic N) is 5. The summed E-state index contributed by atoms with van der Waals surface area (Å²) in [5.41, 5.74) is 4.30. The summed E-state index contributed by atoms with van der Waals surface area (Å²) in [5, 5.41) is 25.6. The van der Waals surface area contributed by atoms with Crippen LogP contribution in [0, 0.1) is 0 Å². The van der Waals surface area contributed by atoms with E-state index in [1.54, 1.807) is 13.8 Å². The van der Waals surface area contributed by atoms with Crippen LogP contribution in [-0.4, -0.2) is 116 Å². The summed E-state index contributed by atoms with van der Waals surface area (Å²) in [7, 11) is 2.79. The number of amides is 3. The molecule has 0 spiro atoms. The Labute approximate surface area is 251 Å². The summed E-state index contributed by atoms with van der Waals surface area (Å²) < 4.78 is 37.1. The van der Waals surface area contributed by atoms with Gasteiger partial charge in [-0.05, 0) is 27.7 Å². The van der Waals surface area contributed by atoms with Crippen LogP contribution in [0.15, 0.2) is 6.33 Å². The van der Waals surface area contributed by atoms with E-state index in [4.69, 9.17) is 24.5 Å². The van der Waals surface area contributed by atoms with Crippen LogP contribution in [0.2, 0.25) is 0 Å². The second kappa shape index (κ2) is 14.1. The first-order chi connectivity index (χ1) is 20.1. The third kappa shape index (κ3) is 8.31. The Bertz CT molecular complexity index is 1380. The number of carbonyl (C=O) groups is 3. The van der Waals surface area contributed by atoms with Gasteiger partial charge in [0.2, 0.25) is 11.8 Å². The molecule has 2 aromatic rings. The number of aliphatic hydroxyl groups is 2. The van der Waals surface area contributed by atoms with Crippen LogP contribution in [0.25, 0.3) is 11.2 Å². The number of nitrogens with two attached hydrogens (primary N) is 1. The van der Waals surface area contributed by atoms with Gasteiger partial charge in [0.1, 0.15) is 17.7 Å². The third-order valence-corrected chi connectivity index (χ3v) is 10.2. The van der Waals surface area contributed by atoms with Crippen LogP contribution < -0.4 is 20.9 Å². The van der Waals surface area contributed by atoms with E-state index in [9.17, 15) is 29.2 Å². The number of urea groups is 1. The van der Waals surface area contributed by atoms with Crippen molar-refractivity contribution in [3.05, 3.63) is 6.33 Å². The average molecular weight is 649 g/mol. The molecule has 0 bridgehead atoms. The molecular formula is C23H37N8O10PS. The molecule has 1 saturated heterocycles. The minimum Gasteiger partial charge on any atom is -0.479 e. The van der Waals surface area contributed by atoms with Crippen molar-refractivity contribution >= 4 is 53.1 Å². The van der Waals surface area contributed by atoms with Gasteiger partial charge >= 0.3 is 18.7 Å². The number of likely N-dealkylation sites (N-methyl/N-ethyl adjacent to an activating group) is 1. The smallest absolute Gasteiger partial charge is 0.327 e. The van der Waals surface area contributed by atoms with Gasteiger partial charge in [-0.25, -0.2) is 14.9 Å². The fourth-order valence-electron chi connectivity index (χ4n) is 3.86. The first-order valence-electron chi connectivity index (χ1n) is 13.1. The van der Waals surface area contributed by atoms with Gasteiger partial charge in [0.15, 0.2) is 17.4 Å². The number of ether oxygens (including phenoxy) is 3. The van der Waals surface area contributed by atoms with Crippen LogP contribution in [0.3, 0.4) is 0 Å². The van der Waals surface area contributed by atoms with Crippen molar-refractivity contribution < 1.29 is 47.9 Å². The number of aliphatic hydroxyl groups excluding tert-OH is 1. The van der Waals surface area contributed by atoms with E-state index in [2.05, 4.69) is 25.4 Å². The predicted octanol–water partition coefficient (Wildman–Crippen LogP) is 0.0134. The van der Waals surface area contributed by atoms with Crippen molar-refractivity contribution in [2.75, 3.05) is 45.5 Å². The van der Waals surface area contributed by atoms with E-state index in [-0.39, 0.29) is 42.0 Å². The van der Waals surface area contributed by atoms with E-state index in [0.717, 1.165) is 11.4 Å². The van der Waals surface area contributed by atoms with Gasteiger partial charge in [-0.2, -0.15) is 9.97 Å². The van der Waals surface area contributed by atoms with Crippen LogP contribution in [0.1, 0.15) is 33.9 Å². The monoisotopic (exact) mass is 648 g/mol. The van der Waals surface area contributed by atoms with Crippen molar-refractivity contribution in [1.82, 2.24) is 34.8 Å². The van der Waals surface area contributed by atoms with E-state index < -0.39 is 61.3 Å². The molecule has 0 aliphatic carbocycles. The molecule has 1 aliphatic heterocycles. The van der Waals surface area contributed by atoms with E-state index in [0.29, 0.717) is 0 Å². The van der Waals surface area contributed by atoms with Crippen LogP contribution in [0.4, 0.5) is 10.7 Å². The number of nitrogen functional groups attached to an aromatic ring is 1. The third-order valence-electron chi connectivity index (χ3n) is 6.11. The number of anilines is 1. The first-order valence-corrected chi connectivity index (χ1v) is 16.3. The molecule has 18 nitrogen and oxygen atoms in total. The standard InChI is InChI=1S/C23H37N8O10PS/c1-12(2)41-19(34)13(3)29-42(37,43-9-14-17(33)27-22(35)30(14)5)40-8-7-39-20(23(4,36)10-32)31-11-25-15-16(31)26-21(24)28-18(15)38-6/h11-14,20,32,36H,7-10H2,1-6H3,(H,29,37)(H2,24,26,28)(H,27,33,35)/t13-,14?,20-,23-,42+/m1/s1. The van der Waals surface area contributed by atoms with Gasteiger partial charge in [-0.1, -0.05) is 11.4 Å². The molecule has 3 heterocycles. The second-order valence-corrected chi connectivity index (χ2v) is 14.4. The molecule has 0 aromatic carbocycles. The van der Waals surface area contributed by atoms with Gasteiger partial charge < -0.3 is 39.6 Å².